The lowest BCUT2D eigenvalue weighted by atomic mass is 10.1. The number of rotatable bonds is 7. The predicted molar refractivity (Wildman–Crippen MR) is 121 cm³/mol. The van der Waals surface area contributed by atoms with E-state index in [1.54, 1.807) is 35.3 Å². The fraction of sp³-hybridized carbons (Fsp3) is 0.174. The SMILES string of the molecule is Cc1ccc(Cn2nc(C)c(/C=C/C(=O)NCc3nc(-c4ccncc4)no3)c2Cl)cc1. The maximum Gasteiger partial charge on any atom is 0.246 e. The highest BCUT2D eigenvalue weighted by atomic mass is 35.5. The topological polar surface area (TPSA) is 98.7 Å². The van der Waals surface area contributed by atoms with Crippen molar-refractivity contribution in [1.29, 1.82) is 0 Å². The van der Waals surface area contributed by atoms with Crippen LogP contribution in [0.1, 0.15) is 28.3 Å². The third-order valence-electron chi connectivity index (χ3n) is 4.78. The second-order valence-electron chi connectivity index (χ2n) is 7.23. The van der Waals surface area contributed by atoms with Gasteiger partial charge in [-0.2, -0.15) is 10.1 Å². The fourth-order valence-electron chi connectivity index (χ4n) is 3.05. The molecule has 4 rings (SSSR count). The normalized spacial score (nSPS) is 11.2. The Morgan fingerprint density at radius 1 is 1.16 bits per heavy atom. The molecule has 4 aromatic rings. The van der Waals surface area contributed by atoms with Crippen molar-refractivity contribution in [3.05, 3.63) is 88.3 Å². The summed E-state index contributed by atoms with van der Waals surface area (Å²) < 4.78 is 6.90. The van der Waals surface area contributed by atoms with Gasteiger partial charge in [-0.15, -0.1) is 0 Å². The van der Waals surface area contributed by atoms with Crippen molar-refractivity contribution >= 4 is 23.6 Å². The minimum absolute atomic E-state index is 0.112. The molecule has 0 spiro atoms. The first-order chi connectivity index (χ1) is 15.5. The third kappa shape index (κ3) is 5.09. The van der Waals surface area contributed by atoms with Gasteiger partial charge < -0.3 is 9.84 Å². The Bertz CT molecular complexity index is 1250. The van der Waals surface area contributed by atoms with Gasteiger partial charge in [-0.25, -0.2) is 4.68 Å². The summed E-state index contributed by atoms with van der Waals surface area (Å²) in [6, 6.07) is 11.7. The predicted octanol–water partition coefficient (Wildman–Crippen LogP) is 3.98. The van der Waals surface area contributed by atoms with Crippen molar-refractivity contribution in [2.45, 2.75) is 26.9 Å². The quantitative estimate of drug-likeness (QED) is 0.429. The standard InChI is InChI=1S/C23H21ClN6O2/c1-15-3-5-17(6-4-15)14-30-22(24)19(16(2)28-30)7-8-20(31)26-13-21-27-23(29-32-21)18-9-11-25-12-10-18/h3-12H,13-14H2,1-2H3,(H,26,31)/b8-7+. The maximum atomic E-state index is 12.3. The van der Waals surface area contributed by atoms with Crippen molar-refractivity contribution in [1.82, 2.24) is 30.2 Å². The minimum atomic E-state index is -0.310. The molecule has 9 heteroatoms. The van der Waals surface area contributed by atoms with Crippen LogP contribution in [0.4, 0.5) is 0 Å². The molecule has 0 bridgehead atoms. The van der Waals surface area contributed by atoms with E-state index in [9.17, 15) is 4.79 Å². The van der Waals surface area contributed by atoms with Crippen LogP contribution >= 0.6 is 11.6 Å². The van der Waals surface area contributed by atoms with Crippen LogP contribution in [0.25, 0.3) is 17.5 Å². The Morgan fingerprint density at radius 3 is 2.66 bits per heavy atom. The lowest BCUT2D eigenvalue weighted by molar-refractivity contribution is -0.116. The second-order valence-corrected chi connectivity index (χ2v) is 7.59. The number of carbonyl (C=O) groups excluding carboxylic acids is 1. The molecule has 3 aromatic heterocycles. The minimum Gasteiger partial charge on any atom is -0.343 e. The zero-order valence-corrected chi connectivity index (χ0v) is 18.4. The zero-order valence-electron chi connectivity index (χ0n) is 17.6. The largest absolute Gasteiger partial charge is 0.343 e. The summed E-state index contributed by atoms with van der Waals surface area (Å²) in [6.07, 6.45) is 6.36. The zero-order chi connectivity index (χ0) is 22.5. The number of amides is 1. The van der Waals surface area contributed by atoms with Gasteiger partial charge >= 0.3 is 0 Å². The van der Waals surface area contributed by atoms with Gasteiger partial charge in [0.1, 0.15) is 5.15 Å². The summed E-state index contributed by atoms with van der Waals surface area (Å²) in [5.41, 5.74) is 4.52. The highest BCUT2D eigenvalue weighted by molar-refractivity contribution is 6.31. The number of hydrogen-bond acceptors (Lipinski definition) is 6. The molecule has 0 saturated heterocycles. The van der Waals surface area contributed by atoms with Crippen LogP contribution in [0.3, 0.4) is 0 Å². The molecule has 0 atom stereocenters. The van der Waals surface area contributed by atoms with Gasteiger partial charge in [0.15, 0.2) is 0 Å². The summed E-state index contributed by atoms with van der Waals surface area (Å²) in [7, 11) is 0. The Labute approximate surface area is 189 Å². The second kappa shape index (κ2) is 9.57. The molecular formula is C23H21ClN6O2. The van der Waals surface area contributed by atoms with Crippen LogP contribution in [0.15, 0.2) is 59.4 Å². The number of hydrogen-bond donors (Lipinski definition) is 1. The van der Waals surface area contributed by atoms with Crippen LogP contribution in [0.5, 0.6) is 0 Å². The summed E-state index contributed by atoms with van der Waals surface area (Å²) in [5, 5.41) is 11.6. The molecule has 0 aliphatic carbocycles. The van der Waals surface area contributed by atoms with Crippen molar-refractivity contribution in [2.75, 3.05) is 0 Å². The molecule has 1 amide bonds. The molecule has 0 radical (unpaired) electrons. The third-order valence-corrected chi connectivity index (χ3v) is 5.18. The molecule has 1 aromatic carbocycles. The van der Waals surface area contributed by atoms with E-state index < -0.39 is 0 Å². The Kier molecular flexibility index (Phi) is 6.42. The summed E-state index contributed by atoms with van der Waals surface area (Å²) in [4.78, 5) is 20.5. The van der Waals surface area contributed by atoms with Crippen LogP contribution in [-0.4, -0.2) is 30.8 Å². The van der Waals surface area contributed by atoms with E-state index in [0.29, 0.717) is 29.0 Å². The molecular weight excluding hydrogens is 428 g/mol. The van der Waals surface area contributed by atoms with Crippen LogP contribution in [0.2, 0.25) is 5.15 Å². The lowest BCUT2D eigenvalue weighted by Crippen LogP contribution is -2.20. The van der Waals surface area contributed by atoms with E-state index in [1.165, 1.54) is 11.6 Å². The molecule has 1 N–H and O–H groups in total. The first-order valence-electron chi connectivity index (χ1n) is 9.97. The average molecular weight is 449 g/mol. The van der Waals surface area contributed by atoms with E-state index in [1.807, 2.05) is 38.1 Å². The van der Waals surface area contributed by atoms with Gasteiger partial charge in [0.25, 0.3) is 0 Å². The number of aromatic nitrogens is 5. The van der Waals surface area contributed by atoms with Crippen molar-refractivity contribution in [3.63, 3.8) is 0 Å². The number of halogens is 1. The molecule has 0 aliphatic heterocycles. The van der Waals surface area contributed by atoms with Crippen molar-refractivity contribution in [3.8, 4) is 11.4 Å². The number of carbonyl (C=O) groups is 1. The highest BCUT2D eigenvalue weighted by Crippen LogP contribution is 2.22. The number of pyridine rings is 1. The molecule has 3 heterocycles. The molecule has 0 unspecified atom stereocenters. The summed E-state index contributed by atoms with van der Waals surface area (Å²) in [6.45, 7) is 4.56. The van der Waals surface area contributed by atoms with E-state index in [0.717, 1.165) is 16.8 Å². The fourth-order valence-corrected chi connectivity index (χ4v) is 3.35. The highest BCUT2D eigenvalue weighted by Gasteiger charge is 2.13. The molecule has 32 heavy (non-hydrogen) atoms. The summed E-state index contributed by atoms with van der Waals surface area (Å²) >= 11 is 6.51. The van der Waals surface area contributed by atoms with Crippen molar-refractivity contribution in [2.24, 2.45) is 0 Å². The lowest BCUT2D eigenvalue weighted by Gasteiger charge is -2.04. The smallest absolute Gasteiger partial charge is 0.246 e. The molecule has 8 nitrogen and oxygen atoms in total. The van der Waals surface area contributed by atoms with Crippen LogP contribution in [0, 0.1) is 13.8 Å². The van der Waals surface area contributed by atoms with E-state index in [-0.39, 0.29) is 12.5 Å². The number of benzene rings is 1. The Morgan fingerprint density at radius 2 is 1.91 bits per heavy atom. The first kappa shape index (κ1) is 21.5. The number of nitrogens with zero attached hydrogens (tertiary/aromatic N) is 5. The summed E-state index contributed by atoms with van der Waals surface area (Å²) in [5.74, 6) is 0.435. The van der Waals surface area contributed by atoms with Crippen molar-refractivity contribution < 1.29 is 9.32 Å². The molecule has 0 fully saturated rings. The van der Waals surface area contributed by atoms with Crippen LogP contribution in [-0.2, 0) is 17.9 Å². The van der Waals surface area contributed by atoms with Gasteiger partial charge in [-0.05, 0) is 37.6 Å². The van der Waals surface area contributed by atoms with E-state index in [4.69, 9.17) is 16.1 Å². The number of aryl methyl sites for hydroxylation is 2. The molecule has 0 aliphatic rings. The van der Waals surface area contributed by atoms with Gasteiger partial charge in [0.2, 0.25) is 17.6 Å². The van der Waals surface area contributed by atoms with Gasteiger partial charge in [-0.3, -0.25) is 9.78 Å². The first-order valence-corrected chi connectivity index (χ1v) is 10.3. The van der Waals surface area contributed by atoms with E-state index in [2.05, 4.69) is 25.5 Å². The van der Waals surface area contributed by atoms with E-state index >= 15 is 0 Å². The number of nitrogens with one attached hydrogen (secondary N) is 1. The van der Waals surface area contributed by atoms with Gasteiger partial charge in [0, 0.05) is 29.6 Å². The van der Waals surface area contributed by atoms with Gasteiger partial charge in [0.05, 0.1) is 18.8 Å². The van der Waals surface area contributed by atoms with Gasteiger partial charge in [-0.1, -0.05) is 46.6 Å². The maximum absolute atomic E-state index is 12.3. The monoisotopic (exact) mass is 448 g/mol. The Hall–Kier alpha value is -3.78. The molecule has 0 saturated carbocycles. The molecule has 162 valence electrons. The Balaban J connectivity index is 1.37. The van der Waals surface area contributed by atoms with Crippen LogP contribution < -0.4 is 5.32 Å². The average Bonchev–Trinajstić information content (AvgIpc) is 3.38.